The van der Waals surface area contributed by atoms with Gasteiger partial charge in [0.2, 0.25) is 5.95 Å². The zero-order valence-corrected chi connectivity index (χ0v) is 22.8. The van der Waals surface area contributed by atoms with Crippen LogP contribution in [0, 0.1) is 0 Å². The van der Waals surface area contributed by atoms with E-state index in [9.17, 15) is 9.59 Å². The van der Waals surface area contributed by atoms with Crippen LogP contribution in [0.2, 0.25) is 0 Å². The van der Waals surface area contributed by atoms with Gasteiger partial charge in [-0.2, -0.15) is 0 Å². The number of carbonyl (C=O) groups excluding carboxylic acids is 2. The number of benzene rings is 2. The van der Waals surface area contributed by atoms with Crippen LogP contribution < -0.4 is 5.32 Å². The number of amides is 2. The molecule has 3 heterocycles. The summed E-state index contributed by atoms with van der Waals surface area (Å²) in [7, 11) is 0. The van der Waals surface area contributed by atoms with Crippen LogP contribution in [0.3, 0.4) is 0 Å². The van der Waals surface area contributed by atoms with E-state index in [0.717, 1.165) is 35.5 Å². The zero-order valence-electron chi connectivity index (χ0n) is 22.0. The molecule has 2 N–H and O–H groups in total. The molecular weight excluding hydrogens is 526 g/mol. The average Bonchev–Trinajstić information content (AvgIpc) is 3.55. The first-order valence-corrected chi connectivity index (χ1v) is 14.3. The van der Waals surface area contributed by atoms with E-state index in [2.05, 4.69) is 27.4 Å². The van der Waals surface area contributed by atoms with E-state index >= 15 is 0 Å². The number of nitrogens with one attached hydrogen (secondary N) is 1. The first kappa shape index (κ1) is 27.4. The van der Waals surface area contributed by atoms with Gasteiger partial charge < -0.3 is 24.6 Å². The number of aromatic nitrogens is 2. The summed E-state index contributed by atoms with van der Waals surface area (Å²) in [6, 6.07) is 20.7. The molecule has 0 atom stereocenters. The van der Waals surface area contributed by atoms with E-state index in [-0.39, 0.29) is 18.4 Å². The lowest BCUT2D eigenvalue weighted by Crippen LogP contribution is -2.50. The van der Waals surface area contributed by atoms with Crippen molar-refractivity contribution in [2.75, 3.05) is 43.9 Å². The Bertz CT molecular complexity index is 1400. The van der Waals surface area contributed by atoms with Crippen LogP contribution in [0.1, 0.15) is 33.8 Å². The Hall–Kier alpha value is -4.15. The minimum atomic E-state index is -0.153. The number of anilines is 2. The van der Waals surface area contributed by atoms with Crippen molar-refractivity contribution in [2.45, 2.75) is 17.7 Å². The van der Waals surface area contributed by atoms with Crippen LogP contribution in [0.15, 0.2) is 88.5 Å². The van der Waals surface area contributed by atoms with Gasteiger partial charge in [-0.15, -0.1) is 11.8 Å². The van der Waals surface area contributed by atoms with Crippen molar-refractivity contribution in [2.24, 2.45) is 0 Å². The Morgan fingerprint density at radius 3 is 2.30 bits per heavy atom. The summed E-state index contributed by atoms with van der Waals surface area (Å²) in [5, 5.41) is 12.1. The van der Waals surface area contributed by atoms with Crippen molar-refractivity contribution in [3.05, 3.63) is 90.5 Å². The number of furan rings is 1. The van der Waals surface area contributed by atoms with Gasteiger partial charge in [0, 0.05) is 60.7 Å². The summed E-state index contributed by atoms with van der Waals surface area (Å²) in [6.07, 6.45) is 5.02. The van der Waals surface area contributed by atoms with Crippen LogP contribution in [-0.2, 0) is 0 Å². The number of aliphatic hydroxyl groups excluding tert-OH is 1. The maximum Gasteiger partial charge on any atom is 0.289 e. The lowest BCUT2D eigenvalue weighted by molar-refractivity contribution is 0.0518. The Labute approximate surface area is 237 Å². The molecule has 0 bridgehead atoms. The second-order valence-electron chi connectivity index (χ2n) is 9.33. The van der Waals surface area contributed by atoms with Crippen LogP contribution in [0.5, 0.6) is 0 Å². The zero-order chi connectivity index (χ0) is 27.7. The molecule has 2 aromatic carbocycles. The van der Waals surface area contributed by atoms with Crippen molar-refractivity contribution >= 4 is 35.2 Å². The monoisotopic (exact) mass is 557 g/mol. The number of carbonyl (C=O) groups is 2. The fourth-order valence-electron chi connectivity index (χ4n) is 4.38. The molecule has 1 aliphatic rings. The lowest BCUT2D eigenvalue weighted by atomic mass is 10.1. The molecule has 1 aliphatic heterocycles. The van der Waals surface area contributed by atoms with E-state index in [0.29, 0.717) is 43.5 Å². The van der Waals surface area contributed by atoms with Crippen molar-refractivity contribution in [1.82, 2.24) is 19.8 Å². The predicted octanol–water partition coefficient (Wildman–Crippen LogP) is 4.94. The third kappa shape index (κ3) is 6.88. The van der Waals surface area contributed by atoms with Crippen molar-refractivity contribution in [1.29, 1.82) is 0 Å². The highest BCUT2D eigenvalue weighted by atomic mass is 32.2. The van der Waals surface area contributed by atoms with Crippen LogP contribution in [-0.4, -0.2) is 75.2 Å². The molecule has 2 aromatic heterocycles. The van der Waals surface area contributed by atoms with Crippen molar-refractivity contribution in [3.63, 3.8) is 0 Å². The largest absolute Gasteiger partial charge is 0.459 e. The second kappa shape index (κ2) is 13.3. The third-order valence-electron chi connectivity index (χ3n) is 6.60. The molecule has 206 valence electrons. The van der Waals surface area contributed by atoms with Gasteiger partial charge in [-0.3, -0.25) is 9.59 Å². The van der Waals surface area contributed by atoms with Gasteiger partial charge in [-0.05, 0) is 73.2 Å². The number of piperazine rings is 1. The molecule has 0 unspecified atom stereocenters. The smallest absolute Gasteiger partial charge is 0.289 e. The standard InChI is InChI=1S/C30H31N5O4S/c36-19-1-2-21-40-25-11-7-22(8-12-25)26-13-14-31-30(33-26)32-24-9-5-23(6-10-24)28(37)34-15-17-35(18-16-34)29(38)27-4-3-20-39-27/h3-14,20,36H,1-2,15-19,21H2,(H,31,32,33). The summed E-state index contributed by atoms with van der Waals surface area (Å²) >= 11 is 1.78. The number of hydrogen-bond acceptors (Lipinski definition) is 8. The van der Waals surface area contributed by atoms with E-state index in [1.165, 1.54) is 11.2 Å². The molecular formula is C30H31N5O4S. The fourth-order valence-corrected chi connectivity index (χ4v) is 5.29. The number of rotatable bonds is 10. The van der Waals surface area contributed by atoms with Gasteiger partial charge in [0.05, 0.1) is 12.0 Å². The summed E-state index contributed by atoms with van der Waals surface area (Å²) in [5.74, 6) is 1.55. The second-order valence-corrected chi connectivity index (χ2v) is 10.5. The summed E-state index contributed by atoms with van der Waals surface area (Å²) in [6.45, 7) is 2.10. The Morgan fingerprint density at radius 1 is 0.900 bits per heavy atom. The minimum absolute atomic E-state index is 0.0649. The maximum absolute atomic E-state index is 13.0. The van der Waals surface area contributed by atoms with E-state index in [4.69, 9.17) is 9.52 Å². The minimum Gasteiger partial charge on any atom is -0.459 e. The molecule has 9 nitrogen and oxygen atoms in total. The normalized spacial score (nSPS) is 13.3. The van der Waals surface area contributed by atoms with Crippen molar-refractivity contribution in [3.8, 4) is 11.3 Å². The molecule has 0 saturated carbocycles. The first-order chi connectivity index (χ1) is 19.6. The quantitative estimate of drug-likeness (QED) is 0.208. The van der Waals surface area contributed by atoms with Crippen molar-refractivity contribution < 1.29 is 19.1 Å². The van der Waals surface area contributed by atoms with Gasteiger partial charge >= 0.3 is 0 Å². The van der Waals surface area contributed by atoms with Crippen LogP contribution in [0.4, 0.5) is 11.6 Å². The highest BCUT2D eigenvalue weighted by Gasteiger charge is 2.26. The molecule has 40 heavy (non-hydrogen) atoms. The topological polar surface area (TPSA) is 112 Å². The highest BCUT2D eigenvalue weighted by molar-refractivity contribution is 7.99. The fraction of sp³-hybridized carbons (Fsp3) is 0.267. The Morgan fingerprint density at radius 2 is 1.62 bits per heavy atom. The van der Waals surface area contributed by atoms with E-state index in [1.807, 2.05) is 30.3 Å². The molecule has 2 amide bonds. The van der Waals surface area contributed by atoms with Gasteiger partial charge in [0.25, 0.3) is 11.8 Å². The molecule has 1 fully saturated rings. The van der Waals surface area contributed by atoms with E-state index < -0.39 is 0 Å². The van der Waals surface area contributed by atoms with E-state index in [1.54, 1.807) is 52.0 Å². The number of aliphatic hydroxyl groups is 1. The van der Waals surface area contributed by atoms with Gasteiger partial charge in [0.1, 0.15) is 0 Å². The Kier molecular flexibility index (Phi) is 9.10. The predicted molar refractivity (Wildman–Crippen MR) is 155 cm³/mol. The Balaban J connectivity index is 1.15. The number of thioether (sulfide) groups is 1. The molecule has 5 rings (SSSR count). The SMILES string of the molecule is O=C(c1ccc(Nc2nccc(-c3ccc(SCCCCO)cc3)n2)cc1)N1CCN(C(=O)c2ccco2)CC1. The average molecular weight is 558 g/mol. The highest BCUT2D eigenvalue weighted by Crippen LogP contribution is 2.25. The van der Waals surface area contributed by atoms with Gasteiger partial charge in [-0.25, -0.2) is 9.97 Å². The number of nitrogens with zero attached hydrogens (tertiary/aromatic N) is 4. The molecule has 0 spiro atoms. The summed E-state index contributed by atoms with van der Waals surface area (Å²) < 4.78 is 5.20. The molecule has 4 aromatic rings. The van der Waals surface area contributed by atoms with Gasteiger partial charge in [0.15, 0.2) is 5.76 Å². The van der Waals surface area contributed by atoms with Crippen LogP contribution >= 0.6 is 11.8 Å². The number of hydrogen-bond donors (Lipinski definition) is 2. The maximum atomic E-state index is 13.0. The molecule has 10 heteroatoms. The summed E-state index contributed by atoms with van der Waals surface area (Å²) in [5.41, 5.74) is 3.17. The summed E-state index contributed by atoms with van der Waals surface area (Å²) in [4.78, 5) is 39.2. The molecule has 0 aliphatic carbocycles. The lowest BCUT2D eigenvalue weighted by Gasteiger charge is -2.34. The van der Waals surface area contributed by atoms with Gasteiger partial charge in [-0.1, -0.05) is 12.1 Å². The first-order valence-electron chi connectivity index (χ1n) is 13.3. The van der Waals surface area contributed by atoms with Crippen LogP contribution in [0.25, 0.3) is 11.3 Å². The third-order valence-corrected chi connectivity index (χ3v) is 7.70. The number of unbranched alkanes of at least 4 members (excludes halogenated alkanes) is 1. The molecule has 1 saturated heterocycles. The molecule has 0 radical (unpaired) electrons.